The molecule has 3 nitrogen and oxygen atoms in total. The van der Waals surface area contributed by atoms with E-state index in [-0.39, 0.29) is 4.90 Å². The van der Waals surface area contributed by atoms with Gasteiger partial charge in [0.25, 0.3) is 0 Å². The Labute approximate surface area is 112 Å². The van der Waals surface area contributed by atoms with Gasteiger partial charge in [0.15, 0.2) is 9.84 Å². The van der Waals surface area contributed by atoms with E-state index in [0.29, 0.717) is 11.3 Å². The van der Waals surface area contributed by atoms with Crippen LogP contribution in [0.25, 0.3) is 6.08 Å². The zero-order valence-electron chi connectivity index (χ0n) is 10.4. The Hall–Kier alpha value is -2.25. The molecule has 1 heterocycles. The fourth-order valence-corrected chi connectivity index (χ4v) is 2.61. The molecule has 0 radical (unpaired) electrons. The summed E-state index contributed by atoms with van der Waals surface area (Å²) < 4.78 is 24.2. The number of H-pyrrole nitrogens is 1. The third-order valence-corrected chi connectivity index (χ3v) is 4.12. The molecular formula is C15H13NO2S. The quantitative estimate of drug-likeness (QED) is 0.873. The summed E-state index contributed by atoms with van der Waals surface area (Å²) in [6, 6.07) is 8.45. The SMILES string of the molecule is C#Cc1[nH]ccc1C=CS(=O)(=O)c1ccc(C)cc1. The maximum atomic E-state index is 12.1. The molecule has 2 aromatic rings. The zero-order chi connectivity index (χ0) is 13.9. The van der Waals surface area contributed by atoms with Crippen molar-refractivity contribution in [2.45, 2.75) is 11.8 Å². The van der Waals surface area contributed by atoms with Gasteiger partial charge in [-0.25, -0.2) is 8.42 Å². The molecule has 0 fully saturated rings. The first-order chi connectivity index (χ1) is 9.03. The van der Waals surface area contributed by atoms with E-state index >= 15 is 0 Å². The second kappa shape index (κ2) is 5.17. The van der Waals surface area contributed by atoms with E-state index in [1.54, 1.807) is 36.5 Å². The van der Waals surface area contributed by atoms with Crippen LogP contribution < -0.4 is 0 Å². The number of aromatic nitrogens is 1. The summed E-state index contributed by atoms with van der Waals surface area (Å²) in [5.41, 5.74) is 2.26. The van der Waals surface area contributed by atoms with Crippen LogP contribution in [0.3, 0.4) is 0 Å². The molecule has 0 aliphatic heterocycles. The Bertz CT molecular complexity index is 744. The Morgan fingerprint density at radius 1 is 1.21 bits per heavy atom. The van der Waals surface area contributed by atoms with Crippen molar-refractivity contribution in [2.24, 2.45) is 0 Å². The summed E-state index contributed by atoms with van der Waals surface area (Å²) in [4.78, 5) is 3.13. The average molecular weight is 271 g/mol. The molecule has 1 aromatic heterocycles. The lowest BCUT2D eigenvalue weighted by Gasteiger charge is -1.99. The molecule has 0 saturated carbocycles. The number of nitrogens with one attached hydrogen (secondary N) is 1. The second-order valence-corrected chi connectivity index (χ2v) is 5.95. The highest BCUT2D eigenvalue weighted by atomic mass is 32.2. The molecule has 0 saturated heterocycles. The van der Waals surface area contributed by atoms with Crippen molar-refractivity contribution >= 4 is 15.9 Å². The zero-order valence-corrected chi connectivity index (χ0v) is 11.2. The van der Waals surface area contributed by atoms with Gasteiger partial charge in [-0.3, -0.25) is 0 Å². The van der Waals surface area contributed by atoms with Gasteiger partial charge < -0.3 is 4.98 Å². The number of sulfone groups is 1. The number of benzene rings is 1. The molecule has 19 heavy (non-hydrogen) atoms. The number of terminal acetylenes is 1. The van der Waals surface area contributed by atoms with Gasteiger partial charge in [-0.1, -0.05) is 23.6 Å². The third kappa shape index (κ3) is 2.95. The van der Waals surface area contributed by atoms with Gasteiger partial charge >= 0.3 is 0 Å². The van der Waals surface area contributed by atoms with Gasteiger partial charge in [-0.15, -0.1) is 6.42 Å². The van der Waals surface area contributed by atoms with Crippen molar-refractivity contribution in [1.29, 1.82) is 0 Å². The van der Waals surface area contributed by atoms with Crippen LogP contribution in [0.15, 0.2) is 46.8 Å². The largest absolute Gasteiger partial charge is 0.354 e. The number of hydrogen-bond acceptors (Lipinski definition) is 2. The van der Waals surface area contributed by atoms with E-state index in [4.69, 9.17) is 6.42 Å². The minimum atomic E-state index is -3.44. The van der Waals surface area contributed by atoms with E-state index in [2.05, 4.69) is 10.9 Å². The average Bonchev–Trinajstić information content (AvgIpc) is 2.84. The smallest absolute Gasteiger partial charge is 0.199 e. The van der Waals surface area contributed by atoms with Crippen LogP contribution in [0, 0.1) is 19.3 Å². The van der Waals surface area contributed by atoms with Crippen molar-refractivity contribution in [3.63, 3.8) is 0 Å². The van der Waals surface area contributed by atoms with E-state index in [1.807, 2.05) is 6.92 Å². The highest BCUT2D eigenvalue weighted by Gasteiger charge is 2.10. The lowest BCUT2D eigenvalue weighted by molar-refractivity contribution is 0.605. The molecule has 2 rings (SSSR count). The molecule has 0 atom stereocenters. The Morgan fingerprint density at radius 2 is 1.89 bits per heavy atom. The molecule has 0 aliphatic rings. The lowest BCUT2D eigenvalue weighted by atomic mass is 10.2. The van der Waals surface area contributed by atoms with Gasteiger partial charge in [-0.2, -0.15) is 0 Å². The highest BCUT2D eigenvalue weighted by molar-refractivity contribution is 7.94. The highest BCUT2D eigenvalue weighted by Crippen LogP contribution is 2.15. The Kier molecular flexibility index (Phi) is 3.59. The van der Waals surface area contributed by atoms with Gasteiger partial charge in [0.05, 0.1) is 10.6 Å². The molecule has 0 spiro atoms. The molecule has 1 N–H and O–H groups in total. The van der Waals surface area contributed by atoms with Crippen LogP contribution in [0.4, 0.5) is 0 Å². The standard InChI is InChI=1S/C15H13NO2S/c1-3-15-13(8-10-16-15)9-11-19(17,18)14-6-4-12(2)5-7-14/h1,4-11,16H,2H3. The van der Waals surface area contributed by atoms with Crippen molar-refractivity contribution in [3.8, 4) is 12.3 Å². The summed E-state index contributed by atoms with van der Waals surface area (Å²) in [5.74, 6) is 2.46. The molecule has 0 bridgehead atoms. The first-order valence-corrected chi connectivity index (χ1v) is 7.21. The van der Waals surface area contributed by atoms with Crippen LogP contribution >= 0.6 is 0 Å². The fourth-order valence-electron chi connectivity index (χ4n) is 1.61. The Morgan fingerprint density at radius 3 is 2.53 bits per heavy atom. The monoisotopic (exact) mass is 271 g/mol. The van der Waals surface area contributed by atoms with Crippen LogP contribution in [-0.4, -0.2) is 13.4 Å². The topological polar surface area (TPSA) is 49.9 Å². The number of aryl methyl sites for hydroxylation is 1. The van der Waals surface area contributed by atoms with Crippen LogP contribution in [-0.2, 0) is 9.84 Å². The normalized spacial score (nSPS) is 11.6. The fraction of sp³-hybridized carbons (Fsp3) is 0.0667. The van der Waals surface area contributed by atoms with E-state index in [0.717, 1.165) is 5.56 Å². The molecule has 4 heteroatoms. The summed E-state index contributed by atoms with van der Waals surface area (Å²) in [6.45, 7) is 1.91. The van der Waals surface area contributed by atoms with E-state index in [9.17, 15) is 8.42 Å². The third-order valence-electron chi connectivity index (χ3n) is 2.70. The predicted molar refractivity (Wildman–Crippen MR) is 76.1 cm³/mol. The van der Waals surface area contributed by atoms with Crippen molar-refractivity contribution < 1.29 is 8.42 Å². The number of hydrogen-bond donors (Lipinski definition) is 1. The van der Waals surface area contributed by atoms with Crippen LogP contribution in [0.5, 0.6) is 0 Å². The predicted octanol–water partition coefficient (Wildman–Crippen LogP) is 2.75. The minimum Gasteiger partial charge on any atom is -0.354 e. The van der Waals surface area contributed by atoms with E-state index < -0.39 is 9.84 Å². The molecule has 96 valence electrons. The van der Waals surface area contributed by atoms with Gasteiger partial charge in [0, 0.05) is 17.2 Å². The van der Waals surface area contributed by atoms with Crippen LogP contribution in [0.2, 0.25) is 0 Å². The minimum absolute atomic E-state index is 0.271. The van der Waals surface area contributed by atoms with Gasteiger partial charge in [0.2, 0.25) is 0 Å². The van der Waals surface area contributed by atoms with Gasteiger partial charge in [-0.05, 0) is 31.2 Å². The summed E-state index contributed by atoms with van der Waals surface area (Å²) >= 11 is 0. The van der Waals surface area contributed by atoms with Crippen LogP contribution in [0.1, 0.15) is 16.8 Å². The maximum absolute atomic E-state index is 12.1. The summed E-state index contributed by atoms with van der Waals surface area (Å²) in [7, 11) is -3.44. The van der Waals surface area contributed by atoms with Crippen molar-refractivity contribution in [1.82, 2.24) is 4.98 Å². The first kappa shape index (κ1) is 13.2. The summed E-state index contributed by atoms with van der Waals surface area (Å²) in [6.07, 6.45) is 8.47. The molecular weight excluding hydrogens is 258 g/mol. The maximum Gasteiger partial charge on any atom is 0.199 e. The van der Waals surface area contributed by atoms with Crippen molar-refractivity contribution in [2.75, 3.05) is 0 Å². The molecule has 1 aromatic carbocycles. The van der Waals surface area contributed by atoms with Crippen molar-refractivity contribution in [3.05, 3.63) is 58.8 Å². The molecule has 0 unspecified atom stereocenters. The van der Waals surface area contributed by atoms with E-state index in [1.165, 1.54) is 11.5 Å². The first-order valence-electron chi connectivity index (χ1n) is 5.67. The molecule has 0 amide bonds. The second-order valence-electron chi connectivity index (χ2n) is 4.11. The summed E-state index contributed by atoms with van der Waals surface area (Å²) in [5, 5.41) is 1.17. The van der Waals surface area contributed by atoms with Gasteiger partial charge in [0.1, 0.15) is 0 Å². The molecule has 0 aliphatic carbocycles. The Balaban J connectivity index is 2.32. The number of aromatic amines is 1. The lowest BCUT2D eigenvalue weighted by Crippen LogP contribution is -1.95. The number of rotatable bonds is 3.